The van der Waals surface area contributed by atoms with Gasteiger partial charge in [-0.25, -0.2) is 9.18 Å². The van der Waals surface area contributed by atoms with Gasteiger partial charge in [-0.3, -0.25) is 0 Å². The number of halogens is 1. The van der Waals surface area contributed by atoms with E-state index in [1.54, 1.807) is 12.1 Å². The van der Waals surface area contributed by atoms with Gasteiger partial charge in [0.15, 0.2) is 0 Å². The Morgan fingerprint density at radius 1 is 1.25 bits per heavy atom. The Balaban J connectivity index is 2.14. The van der Waals surface area contributed by atoms with Crippen LogP contribution in [-0.4, -0.2) is 37.1 Å². The first kappa shape index (κ1) is 16.4. The maximum atomic E-state index is 12.9. The lowest BCUT2D eigenvalue weighted by Gasteiger charge is -2.17. The largest absolute Gasteiger partial charge is 0.338 e. The lowest BCUT2D eigenvalue weighted by atomic mass is 10.2. The molecule has 4 nitrogen and oxygen atoms in total. The molecular formula is C15H24FN3O. The SMILES string of the molecule is CCN(CC)CCCNC(=O)NCc1cccc(F)c1. The summed E-state index contributed by atoms with van der Waals surface area (Å²) in [6, 6.07) is 6.00. The van der Waals surface area contributed by atoms with Gasteiger partial charge in [-0.1, -0.05) is 26.0 Å². The monoisotopic (exact) mass is 281 g/mol. The van der Waals surface area contributed by atoms with Crippen molar-refractivity contribution in [1.82, 2.24) is 15.5 Å². The van der Waals surface area contributed by atoms with Crippen molar-refractivity contribution in [3.63, 3.8) is 0 Å². The van der Waals surface area contributed by atoms with Crippen LogP contribution < -0.4 is 10.6 Å². The summed E-state index contributed by atoms with van der Waals surface area (Å²) < 4.78 is 12.9. The Bertz CT molecular complexity index is 408. The zero-order valence-electron chi connectivity index (χ0n) is 12.3. The van der Waals surface area contributed by atoms with Crippen LogP contribution in [0.1, 0.15) is 25.8 Å². The van der Waals surface area contributed by atoms with Crippen LogP contribution in [0.25, 0.3) is 0 Å². The Hall–Kier alpha value is -1.62. The van der Waals surface area contributed by atoms with E-state index >= 15 is 0 Å². The third kappa shape index (κ3) is 6.52. The molecule has 1 aromatic rings. The minimum atomic E-state index is -0.288. The molecule has 0 aliphatic heterocycles. The first-order valence-electron chi connectivity index (χ1n) is 7.14. The zero-order chi connectivity index (χ0) is 14.8. The topological polar surface area (TPSA) is 44.4 Å². The molecular weight excluding hydrogens is 257 g/mol. The van der Waals surface area contributed by atoms with Gasteiger partial charge in [-0.05, 0) is 43.8 Å². The summed E-state index contributed by atoms with van der Waals surface area (Å²) in [6.45, 7) is 8.28. The number of benzene rings is 1. The Morgan fingerprint density at radius 2 is 2.00 bits per heavy atom. The van der Waals surface area contributed by atoms with Crippen molar-refractivity contribution in [3.8, 4) is 0 Å². The molecule has 2 N–H and O–H groups in total. The highest BCUT2D eigenvalue weighted by atomic mass is 19.1. The summed E-state index contributed by atoms with van der Waals surface area (Å²) in [5.74, 6) is -0.288. The van der Waals surface area contributed by atoms with Crippen LogP contribution in [-0.2, 0) is 6.54 Å². The molecule has 1 aromatic carbocycles. The first-order chi connectivity index (χ1) is 9.65. The summed E-state index contributed by atoms with van der Waals surface area (Å²) in [5.41, 5.74) is 0.753. The number of amides is 2. The minimum Gasteiger partial charge on any atom is -0.338 e. The molecule has 0 atom stereocenters. The van der Waals surface area contributed by atoms with Crippen LogP contribution in [0.15, 0.2) is 24.3 Å². The molecule has 5 heteroatoms. The number of carbonyl (C=O) groups is 1. The molecule has 2 amide bonds. The van der Waals surface area contributed by atoms with Crippen molar-refractivity contribution in [2.24, 2.45) is 0 Å². The molecule has 0 spiro atoms. The number of carbonyl (C=O) groups excluding carboxylic acids is 1. The normalized spacial score (nSPS) is 10.6. The van der Waals surface area contributed by atoms with Crippen molar-refractivity contribution >= 4 is 6.03 Å². The maximum Gasteiger partial charge on any atom is 0.315 e. The lowest BCUT2D eigenvalue weighted by molar-refractivity contribution is 0.239. The highest BCUT2D eigenvalue weighted by molar-refractivity contribution is 5.73. The fourth-order valence-corrected chi connectivity index (χ4v) is 1.94. The van der Waals surface area contributed by atoms with Crippen molar-refractivity contribution in [2.45, 2.75) is 26.8 Å². The molecule has 0 aliphatic carbocycles. The van der Waals surface area contributed by atoms with Gasteiger partial charge in [0, 0.05) is 13.1 Å². The van der Waals surface area contributed by atoms with Gasteiger partial charge in [-0.2, -0.15) is 0 Å². The number of hydrogen-bond acceptors (Lipinski definition) is 2. The number of urea groups is 1. The van der Waals surface area contributed by atoms with Crippen LogP contribution in [0.4, 0.5) is 9.18 Å². The van der Waals surface area contributed by atoms with Gasteiger partial charge in [0.2, 0.25) is 0 Å². The standard InChI is InChI=1S/C15H24FN3O/c1-3-19(4-2)10-6-9-17-15(20)18-12-13-7-5-8-14(16)11-13/h5,7-8,11H,3-4,6,9-10,12H2,1-2H3,(H2,17,18,20). The first-order valence-corrected chi connectivity index (χ1v) is 7.14. The van der Waals surface area contributed by atoms with Gasteiger partial charge in [-0.15, -0.1) is 0 Å². The van der Waals surface area contributed by atoms with E-state index in [1.165, 1.54) is 12.1 Å². The van der Waals surface area contributed by atoms with Crippen LogP contribution in [0, 0.1) is 5.82 Å². The van der Waals surface area contributed by atoms with Crippen LogP contribution in [0.5, 0.6) is 0 Å². The fourth-order valence-electron chi connectivity index (χ4n) is 1.94. The predicted molar refractivity (Wildman–Crippen MR) is 79.0 cm³/mol. The smallest absolute Gasteiger partial charge is 0.315 e. The summed E-state index contributed by atoms with van der Waals surface area (Å²) in [7, 11) is 0. The molecule has 0 fully saturated rings. The molecule has 0 saturated carbocycles. The van der Waals surface area contributed by atoms with E-state index in [9.17, 15) is 9.18 Å². The Labute approximate surface area is 120 Å². The van der Waals surface area contributed by atoms with E-state index in [-0.39, 0.29) is 11.8 Å². The quantitative estimate of drug-likeness (QED) is 0.718. The van der Waals surface area contributed by atoms with Gasteiger partial charge < -0.3 is 15.5 Å². The minimum absolute atomic E-state index is 0.214. The second kappa shape index (κ2) is 9.31. The second-order valence-corrected chi connectivity index (χ2v) is 4.62. The van der Waals surface area contributed by atoms with Crippen molar-refractivity contribution in [1.29, 1.82) is 0 Å². The van der Waals surface area contributed by atoms with E-state index in [1.807, 2.05) is 0 Å². The molecule has 20 heavy (non-hydrogen) atoms. The summed E-state index contributed by atoms with van der Waals surface area (Å²) >= 11 is 0. The predicted octanol–water partition coefficient (Wildman–Crippen LogP) is 2.36. The average Bonchev–Trinajstić information content (AvgIpc) is 2.45. The Kier molecular flexibility index (Phi) is 7.65. The van der Waals surface area contributed by atoms with E-state index in [2.05, 4.69) is 29.4 Å². The highest BCUT2D eigenvalue weighted by Gasteiger charge is 2.02. The van der Waals surface area contributed by atoms with E-state index in [0.717, 1.165) is 31.6 Å². The molecule has 0 aromatic heterocycles. The van der Waals surface area contributed by atoms with E-state index in [4.69, 9.17) is 0 Å². The molecule has 0 heterocycles. The summed E-state index contributed by atoms with van der Waals surface area (Å²) in [4.78, 5) is 13.9. The van der Waals surface area contributed by atoms with Crippen molar-refractivity contribution in [3.05, 3.63) is 35.6 Å². The fraction of sp³-hybridized carbons (Fsp3) is 0.533. The van der Waals surface area contributed by atoms with Crippen LogP contribution in [0.2, 0.25) is 0 Å². The molecule has 1 rings (SSSR count). The molecule has 0 saturated heterocycles. The van der Waals surface area contributed by atoms with Gasteiger partial charge in [0.1, 0.15) is 5.82 Å². The van der Waals surface area contributed by atoms with Gasteiger partial charge in [0.05, 0.1) is 0 Å². The average molecular weight is 281 g/mol. The maximum absolute atomic E-state index is 12.9. The van der Waals surface area contributed by atoms with Gasteiger partial charge in [0.25, 0.3) is 0 Å². The third-order valence-electron chi connectivity index (χ3n) is 3.17. The molecule has 0 radical (unpaired) electrons. The molecule has 0 aliphatic rings. The van der Waals surface area contributed by atoms with E-state index in [0.29, 0.717) is 13.1 Å². The third-order valence-corrected chi connectivity index (χ3v) is 3.17. The Morgan fingerprint density at radius 3 is 2.65 bits per heavy atom. The number of nitrogens with one attached hydrogen (secondary N) is 2. The summed E-state index contributed by atoms with van der Waals surface area (Å²) in [5, 5.41) is 5.51. The highest BCUT2D eigenvalue weighted by Crippen LogP contribution is 2.02. The van der Waals surface area contributed by atoms with Gasteiger partial charge >= 0.3 is 6.03 Å². The number of nitrogens with zero attached hydrogens (tertiary/aromatic N) is 1. The lowest BCUT2D eigenvalue weighted by Crippen LogP contribution is -2.36. The molecule has 0 unspecified atom stereocenters. The number of rotatable bonds is 8. The van der Waals surface area contributed by atoms with Crippen LogP contribution >= 0.6 is 0 Å². The second-order valence-electron chi connectivity index (χ2n) is 4.62. The van der Waals surface area contributed by atoms with Crippen molar-refractivity contribution in [2.75, 3.05) is 26.2 Å². The van der Waals surface area contributed by atoms with Crippen molar-refractivity contribution < 1.29 is 9.18 Å². The number of hydrogen-bond donors (Lipinski definition) is 2. The van der Waals surface area contributed by atoms with E-state index < -0.39 is 0 Å². The van der Waals surface area contributed by atoms with Crippen LogP contribution in [0.3, 0.4) is 0 Å². The molecule has 0 bridgehead atoms. The zero-order valence-corrected chi connectivity index (χ0v) is 12.3. The molecule has 112 valence electrons. The summed E-state index contributed by atoms with van der Waals surface area (Å²) in [6.07, 6.45) is 0.926.